The number of benzene rings is 3. The lowest BCUT2D eigenvalue weighted by molar-refractivity contribution is -0.118. The van der Waals surface area contributed by atoms with Crippen LogP contribution in [0.15, 0.2) is 88.1 Å². The number of aryl methyl sites for hydroxylation is 1. The highest BCUT2D eigenvalue weighted by Crippen LogP contribution is 2.34. The molecule has 7 nitrogen and oxygen atoms in total. The van der Waals surface area contributed by atoms with Crippen molar-refractivity contribution in [2.45, 2.75) is 13.0 Å². The number of hydrogen-bond acceptors (Lipinski definition) is 5. The minimum atomic E-state index is -0.469. The molecule has 0 saturated carbocycles. The van der Waals surface area contributed by atoms with Gasteiger partial charge in [0.15, 0.2) is 17.1 Å². The number of rotatable bonds is 7. The number of carbonyl (C=O) groups is 1. The van der Waals surface area contributed by atoms with Crippen LogP contribution in [-0.2, 0) is 11.3 Å². The molecule has 1 aliphatic rings. The van der Waals surface area contributed by atoms with Crippen molar-refractivity contribution in [3.63, 3.8) is 0 Å². The van der Waals surface area contributed by atoms with Gasteiger partial charge in [-0.2, -0.15) is 0 Å². The maximum absolute atomic E-state index is 13.4. The summed E-state index contributed by atoms with van der Waals surface area (Å²) in [6, 6.07) is 22.6. The standard InChI is InChI=1S/C27H24N2O5/c30-26(14-16-29-22-10-4-5-11-23(22)34-27(29)31)28(15-6-9-20-7-2-1-3-8-20)21-12-13-24-25(19-21)33-18-17-32-24/h1-13,19H,14-18H2/b9-6+. The molecule has 0 radical (unpaired) electrons. The van der Waals surface area contributed by atoms with Crippen molar-refractivity contribution in [1.29, 1.82) is 0 Å². The number of hydrogen-bond donors (Lipinski definition) is 0. The molecular weight excluding hydrogens is 432 g/mol. The second kappa shape index (κ2) is 9.70. The summed E-state index contributed by atoms with van der Waals surface area (Å²) in [6.07, 6.45) is 4.06. The lowest BCUT2D eigenvalue weighted by atomic mass is 10.2. The molecular formula is C27H24N2O5. The second-order valence-electron chi connectivity index (χ2n) is 7.88. The van der Waals surface area contributed by atoms with Crippen LogP contribution in [0.5, 0.6) is 11.5 Å². The van der Waals surface area contributed by atoms with E-state index in [1.165, 1.54) is 4.57 Å². The molecule has 34 heavy (non-hydrogen) atoms. The highest BCUT2D eigenvalue weighted by molar-refractivity contribution is 5.94. The first kappa shape index (κ1) is 21.6. The fourth-order valence-corrected chi connectivity index (χ4v) is 3.98. The maximum atomic E-state index is 13.4. The Bertz CT molecular complexity index is 1390. The minimum absolute atomic E-state index is 0.119. The fourth-order valence-electron chi connectivity index (χ4n) is 3.98. The molecule has 3 aromatic carbocycles. The van der Waals surface area contributed by atoms with Crippen molar-refractivity contribution in [3.05, 3.63) is 95.0 Å². The van der Waals surface area contributed by atoms with E-state index in [-0.39, 0.29) is 18.9 Å². The Kier molecular flexibility index (Phi) is 6.16. The molecule has 5 rings (SSSR count). The third-order valence-corrected chi connectivity index (χ3v) is 5.66. The molecule has 0 atom stereocenters. The molecule has 1 aliphatic heterocycles. The van der Waals surface area contributed by atoms with E-state index in [0.717, 1.165) is 5.56 Å². The summed E-state index contributed by atoms with van der Waals surface area (Å²) in [5.41, 5.74) is 2.94. The third-order valence-electron chi connectivity index (χ3n) is 5.66. The number of amides is 1. The van der Waals surface area contributed by atoms with E-state index in [1.54, 1.807) is 11.0 Å². The zero-order valence-corrected chi connectivity index (χ0v) is 18.6. The Morgan fingerprint density at radius 2 is 1.71 bits per heavy atom. The van der Waals surface area contributed by atoms with Crippen LogP contribution in [0.2, 0.25) is 0 Å². The van der Waals surface area contributed by atoms with Crippen LogP contribution in [0.25, 0.3) is 17.2 Å². The Morgan fingerprint density at radius 3 is 2.56 bits per heavy atom. The van der Waals surface area contributed by atoms with Crippen LogP contribution in [0.1, 0.15) is 12.0 Å². The first-order chi connectivity index (χ1) is 16.7. The molecule has 0 fully saturated rings. The molecule has 0 spiro atoms. The zero-order valence-electron chi connectivity index (χ0n) is 18.6. The average molecular weight is 456 g/mol. The van der Waals surface area contributed by atoms with Crippen molar-refractivity contribution >= 4 is 28.8 Å². The molecule has 0 bridgehead atoms. The van der Waals surface area contributed by atoms with E-state index in [9.17, 15) is 9.59 Å². The predicted molar refractivity (Wildman–Crippen MR) is 130 cm³/mol. The van der Waals surface area contributed by atoms with Gasteiger partial charge in [0.1, 0.15) is 13.2 Å². The molecule has 0 unspecified atom stereocenters. The predicted octanol–water partition coefficient (Wildman–Crippen LogP) is 4.50. The summed E-state index contributed by atoms with van der Waals surface area (Å²) >= 11 is 0. The molecule has 1 aromatic heterocycles. The van der Waals surface area contributed by atoms with Gasteiger partial charge in [0.05, 0.1) is 5.52 Å². The van der Waals surface area contributed by atoms with E-state index in [2.05, 4.69) is 0 Å². The maximum Gasteiger partial charge on any atom is 0.419 e. The molecule has 0 saturated heterocycles. The second-order valence-corrected chi connectivity index (χ2v) is 7.88. The van der Waals surface area contributed by atoms with E-state index < -0.39 is 5.76 Å². The van der Waals surface area contributed by atoms with Crippen LogP contribution in [0.4, 0.5) is 5.69 Å². The van der Waals surface area contributed by atoms with Gasteiger partial charge in [0.25, 0.3) is 0 Å². The highest BCUT2D eigenvalue weighted by Gasteiger charge is 2.20. The smallest absolute Gasteiger partial charge is 0.419 e. The van der Waals surface area contributed by atoms with E-state index in [4.69, 9.17) is 13.9 Å². The summed E-state index contributed by atoms with van der Waals surface area (Å²) in [6.45, 7) is 1.56. The fraction of sp³-hybridized carbons (Fsp3) is 0.185. The molecule has 4 aromatic rings. The van der Waals surface area contributed by atoms with Gasteiger partial charge < -0.3 is 18.8 Å². The summed E-state index contributed by atoms with van der Waals surface area (Å²) in [5.74, 6) is 0.694. The summed E-state index contributed by atoms with van der Waals surface area (Å²) in [5, 5.41) is 0. The van der Waals surface area contributed by atoms with E-state index >= 15 is 0 Å². The van der Waals surface area contributed by atoms with Crippen molar-refractivity contribution in [2.75, 3.05) is 24.7 Å². The highest BCUT2D eigenvalue weighted by atomic mass is 16.6. The first-order valence-corrected chi connectivity index (χ1v) is 11.2. The van der Waals surface area contributed by atoms with Gasteiger partial charge in [-0.15, -0.1) is 0 Å². The molecule has 1 amide bonds. The van der Waals surface area contributed by atoms with Gasteiger partial charge in [-0.25, -0.2) is 4.79 Å². The number of fused-ring (bicyclic) bond motifs is 2. The van der Waals surface area contributed by atoms with E-state index in [1.807, 2.05) is 78.9 Å². The summed E-state index contributed by atoms with van der Waals surface area (Å²) in [4.78, 5) is 27.4. The molecule has 0 aliphatic carbocycles. The SMILES string of the molecule is O=C(CCn1c(=O)oc2ccccc21)N(C/C=C/c1ccccc1)c1ccc2c(c1)OCCO2. The topological polar surface area (TPSA) is 73.9 Å². The summed E-state index contributed by atoms with van der Waals surface area (Å²) in [7, 11) is 0. The van der Waals surface area contributed by atoms with Gasteiger partial charge in [-0.1, -0.05) is 54.6 Å². The lowest BCUT2D eigenvalue weighted by Gasteiger charge is -2.24. The number of oxazole rings is 1. The Labute approximate surface area is 196 Å². The van der Waals surface area contributed by atoms with Gasteiger partial charge in [-0.3, -0.25) is 9.36 Å². The van der Waals surface area contributed by atoms with E-state index in [0.29, 0.717) is 48.0 Å². The van der Waals surface area contributed by atoms with Crippen LogP contribution < -0.4 is 20.1 Å². The number of ether oxygens (including phenoxy) is 2. The number of carbonyl (C=O) groups excluding carboxylic acids is 1. The zero-order chi connectivity index (χ0) is 23.3. The molecule has 0 N–H and O–H groups in total. The van der Waals surface area contributed by atoms with Gasteiger partial charge in [0.2, 0.25) is 5.91 Å². The van der Waals surface area contributed by atoms with Gasteiger partial charge in [0, 0.05) is 31.3 Å². The molecule has 7 heteroatoms. The monoisotopic (exact) mass is 456 g/mol. The average Bonchev–Trinajstić information content (AvgIpc) is 3.20. The Hall–Kier alpha value is -4.26. The number of aromatic nitrogens is 1. The van der Waals surface area contributed by atoms with Crippen molar-refractivity contribution in [2.24, 2.45) is 0 Å². The van der Waals surface area contributed by atoms with Crippen LogP contribution >= 0.6 is 0 Å². The Balaban J connectivity index is 1.38. The van der Waals surface area contributed by atoms with Gasteiger partial charge in [-0.05, 0) is 29.8 Å². The van der Waals surface area contributed by atoms with Crippen molar-refractivity contribution < 1.29 is 18.7 Å². The Morgan fingerprint density at radius 1 is 0.941 bits per heavy atom. The lowest BCUT2D eigenvalue weighted by Crippen LogP contribution is -2.32. The first-order valence-electron chi connectivity index (χ1n) is 11.2. The largest absolute Gasteiger partial charge is 0.486 e. The van der Waals surface area contributed by atoms with Crippen LogP contribution in [0, 0.1) is 0 Å². The van der Waals surface area contributed by atoms with Crippen molar-refractivity contribution in [1.82, 2.24) is 4.57 Å². The minimum Gasteiger partial charge on any atom is -0.486 e. The normalized spacial score (nSPS) is 12.8. The van der Waals surface area contributed by atoms with Gasteiger partial charge >= 0.3 is 5.76 Å². The summed E-state index contributed by atoms with van der Waals surface area (Å²) < 4.78 is 18.1. The molecule has 2 heterocycles. The van der Waals surface area contributed by atoms with Crippen molar-refractivity contribution in [3.8, 4) is 11.5 Å². The van der Waals surface area contributed by atoms with Crippen LogP contribution in [0.3, 0.4) is 0 Å². The number of anilines is 1. The number of para-hydroxylation sites is 2. The van der Waals surface area contributed by atoms with Crippen LogP contribution in [-0.4, -0.2) is 30.2 Å². The number of nitrogens with zero attached hydrogens (tertiary/aromatic N) is 2. The molecule has 172 valence electrons. The third kappa shape index (κ3) is 4.59. The quantitative estimate of drug-likeness (QED) is 0.409.